The van der Waals surface area contributed by atoms with Crippen molar-refractivity contribution in [2.24, 2.45) is 11.5 Å². The van der Waals surface area contributed by atoms with Gasteiger partial charge in [0, 0.05) is 17.0 Å². The third-order valence-corrected chi connectivity index (χ3v) is 4.78. The zero-order valence-electron chi connectivity index (χ0n) is 12.9. The van der Waals surface area contributed by atoms with E-state index in [4.69, 9.17) is 16.2 Å². The summed E-state index contributed by atoms with van der Waals surface area (Å²) in [4.78, 5) is 23.5. The van der Waals surface area contributed by atoms with Gasteiger partial charge in [0.1, 0.15) is 16.9 Å². The molecule has 0 spiro atoms. The average Bonchev–Trinajstić information content (AvgIpc) is 3.17. The summed E-state index contributed by atoms with van der Waals surface area (Å²) >= 11 is 1.23. The van der Waals surface area contributed by atoms with Gasteiger partial charge >= 0.3 is 6.03 Å². The van der Waals surface area contributed by atoms with Crippen molar-refractivity contribution in [2.45, 2.75) is 12.5 Å². The molecule has 0 unspecified atom stereocenters. The molecule has 2 aromatic rings. The van der Waals surface area contributed by atoms with Crippen molar-refractivity contribution in [3.63, 3.8) is 0 Å². The number of amides is 3. The van der Waals surface area contributed by atoms with Gasteiger partial charge in [0.05, 0.1) is 5.56 Å². The van der Waals surface area contributed by atoms with Crippen molar-refractivity contribution in [3.05, 3.63) is 35.9 Å². The van der Waals surface area contributed by atoms with Crippen molar-refractivity contribution in [1.82, 2.24) is 5.32 Å². The normalized spacial score (nSPS) is 16.8. The van der Waals surface area contributed by atoms with E-state index in [9.17, 15) is 9.59 Å². The zero-order valence-corrected chi connectivity index (χ0v) is 13.7. The van der Waals surface area contributed by atoms with Crippen molar-refractivity contribution >= 4 is 28.3 Å². The first-order valence-corrected chi connectivity index (χ1v) is 8.33. The highest BCUT2D eigenvalue weighted by atomic mass is 32.1. The number of para-hydroxylation sites is 1. The number of ether oxygens (including phenoxy) is 1. The van der Waals surface area contributed by atoms with Gasteiger partial charge in [-0.1, -0.05) is 12.1 Å². The molecular formula is C16H18N4O3S. The lowest BCUT2D eigenvalue weighted by molar-refractivity contribution is 0.100. The van der Waals surface area contributed by atoms with Crippen LogP contribution in [0, 0.1) is 0 Å². The predicted molar refractivity (Wildman–Crippen MR) is 93.4 cm³/mol. The van der Waals surface area contributed by atoms with E-state index in [1.165, 1.54) is 11.3 Å². The fraction of sp³-hybridized carbons (Fsp3) is 0.250. The Morgan fingerprint density at radius 2 is 2.08 bits per heavy atom. The topological polar surface area (TPSA) is 119 Å². The lowest BCUT2D eigenvalue weighted by Gasteiger charge is -2.15. The monoisotopic (exact) mass is 346 g/mol. The van der Waals surface area contributed by atoms with Crippen LogP contribution in [-0.4, -0.2) is 31.1 Å². The number of primary amides is 2. The highest BCUT2D eigenvalue weighted by molar-refractivity contribution is 7.20. The van der Waals surface area contributed by atoms with Gasteiger partial charge in [0.2, 0.25) is 0 Å². The molecule has 1 aromatic carbocycles. The van der Waals surface area contributed by atoms with Gasteiger partial charge in [-0.15, -0.1) is 11.3 Å². The number of urea groups is 1. The summed E-state index contributed by atoms with van der Waals surface area (Å²) < 4.78 is 6.07. The van der Waals surface area contributed by atoms with Gasteiger partial charge in [-0.3, -0.25) is 10.1 Å². The smallest absolute Gasteiger partial charge is 0.317 e. The minimum Gasteiger partial charge on any atom is -0.488 e. The molecule has 24 heavy (non-hydrogen) atoms. The second-order valence-electron chi connectivity index (χ2n) is 5.44. The Morgan fingerprint density at radius 1 is 1.29 bits per heavy atom. The van der Waals surface area contributed by atoms with Gasteiger partial charge in [0.15, 0.2) is 0 Å². The van der Waals surface area contributed by atoms with Crippen LogP contribution in [-0.2, 0) is 0 Å². The van der Waals surface area contributed by atoms with Crippen LogP contribution in [0.3, 0.4) is 0 Å². The fourth-order valence-electron chi connectivity index (χ4n) is 2.59. The molecule has 126 valence electrons. The van der Waals surface area contributed by atoms with Crippen molar-refractivity contribution < 1.29 is 14.3 Å². The molecule has 6 N–H and O–H groups in total. The summed E-state index contributed by atoms with van der Waals surface area (Å²) in [5.41, 5.74) is 11.6. The fourth-order valence-corrected chi connectivity index (χ4v) is 3.69. The molecule has 8 heteroatoms. The first-order chi connectivity index (χ1) is 11.5. The maximum atomic E-state index is 11.6. The molecule has 1 saturated heterocycles. The van der Waals surface area contributed by atoms with E-state index in [0.29, 0.717) is 5.00 Å². The van der Waals surface area contributed by atoms with E-state index < -0.39 is 11.9 Å². The lowest BCUT2D eigenvalue weighted by atomic mass is 10.1. The molecule has 0 radical (unpaired) electrons. The average molecular weight is 346 g/mol. The number of hydrogen-bond donors (Lipinski definition) is 4. The molecule has 3 amide bonds. The SMILES string of the molecule is NC(=O)Nc1sc(-c2ccccc2O[C@@H]2CCNC2)cc1C(N)=O. The van der Waals surface area contributed by atoms with Crippen molar-refractivity contribution in [3.8, 4) is 16.2 Å². The van der Waals surface area contributed by atoms with E-state index >= 15 is 0 Å². The van der Waals surface area contributed by atoms with Crippen LogP contribution in [0.4, 0.5) is 9.80 Å². The number of carbonyl (C=O) groups excluding carboxylic acids is 2. The first-order valence-electron chi connectivity index (χ1n) is 7.51. The van der Waals surface area contributed by atoms with Crippen LogP contribution in [0.2, 0.25) is 0 Å². The summed E-state index contributed by atoms with van der Waals surface area (Å²) in [5, 5.41) is 6.04. The third kappa shape index (κ3) is 3.50. The van der Waals surface area contributed by atoms with E-state index in [-0.39, 0.29) is 11.7 Å². The Labute approximate surface area is 143 Å². The van der Waals surface area contributed by atoms with Gasteiger partial charge in [-0.2, -0.15) is 0 Å². The van der Waals surface area contributed by atoms with Crippen molar-refractivity contribution in [2.75, 3.05) is 18.4 Å². The molecule has 1 aromatic heterocycles. The van der Waals surface area contributed by atoms with Gasteiger partial charge < -0.3 is 21.5 Å². The Morgan fingerprint density at radius 3 is 2.75 bits per heavy atom. The minimum absolute atomic E-state index is 0.116. The molecule has 1 fully saturated rings. The van der Waals surface area contributed by atoms with Crippen LogP contribution in [0.15, 0.2) is 30.3 Å². The lowest BCUT2D eigenvalue weighted by Crippen LogP contribution is -2.21. The Kier molecular flexibility index (Phi) is 4.68. The summed E-state index contributed by atoms with van der Waals surface area (Å²) in [6, 6.07) is 8.48. The largest absolute Gasteiger partial charge is 0.488 e. The molecule has 0 saturated carbocycles. The third-order valence-electron chi connectivity index (χ3n) is 3.70. The molecule has 1 aliphatic heterocycles. The summed E-state index contributed by atoms with van der Waals surface area (Å²) in [6.45, 7) is 1.74. The number of anilines is 1. The Balaban J connectivity index is 1.96. The second-order valence-corrected chi connectivity index (χ2v) is 6.49. The van der Waals surface area contributed by atoms with E-state index in [2.05, 4.69) is 10.6 Å². The number of thiophene rings is 1. The molecule has 7 nitrogen and oxygen atoms in total. The highest BCUT2D eigenvalue weighted by Gasteiger charge is 2.21. The predicted octanol–water partition coefficient (Wildman–Crippen LogP) is 1.75. The number of benzene rings is 1. The van der Waals surface area contributed by atoms with Crippen LogP contribution in [0.5, 0.6) is 5.75 Å². The van der Waals surface area contributed by atoms with Crippen LogP contribution in [0.1, 0.15) is 16.8 Å². The summed E-state index contributed by atoms with van der Waals surface area (Å²) in [6.07, 6.45) is 1.06. The maximum Gasteiger partial charge on any atom is 0.317 e. The summed E-state index contributed by atoms with van der Waals surface area (Å²) in [7, 11) is 0. The van der Waals surface area contributed by atoms with Gasteiger partial charge in [-0.25, -0.2) is 4.79 Å². The summed E-state index contributed by atoms with van der Waals surface area (Å²) in [5.74, 6) is 0.105. The van der Waals surface area contributed by atoms with Crippen molar-refractivity contribution in [1.29, 1.82) is 0 Å². The number of nitrogens with two attached hydrogens (primary N) is 2. The second kappa shape index (κ2) is 6.90. The number of carbonyl (C=O) groups is 2. The molecule has 1 atom stereocenters. The van der Waals surface area contributed by atoms with E-state index in [1.807, 2.05) is 24.3 Å². The van der Waals surface area contributed by atoms with Crippen LogP contribution < -0.4 is 26.8 Å². The van der Waals surface area contributed by atoms with E-state index in [1.54, 1.807) is 6.07 Å². The number of nitrogens with one attached hydrogen (secondary N) is 2. The maximum absolute atomic E-state index is 11.6. The number of hydrogen-bond acceptors (Lipinski definition) is 5. The molecule has 0 bridgehead atoms. The van der Waals surface area contributed by atoms with Gasteiger partial charge in [0.25, 0.3) is 5.91 Å². The molecular weight excluding hydrogens is 328 g/mol. The highest BCUT2D eigenvalue weighted by Crippen LogP contribution is 2.40. The van der Waals surface area contributed by atoms with Gasteiger partial charge in [-0.05, 0) is 31.2 Å². The quantitative estimate of drug-likeness (QED) is 0.659. The van der Waals surface area contributed by atoms with Crippen LogP contribution >= 0.6 is 11.3 Å². The van der Waals surface area contributed by atoms with Crippen LogP contribution in [0.25, 0.3) is 10.4 Å². The zero-order chi connectivity index (χ0) is 17.1. The molecule has 1 aliphatic rings. The number of rotatable bonds is 5. The molecule has 2 heterocycles. The standard InChI is InChI=1S/C16H18N4O3S/c17-14(21)11-7-13(24-15(11)20-16(18)22)10-3-1-2-4-12(10)23-9-5-6-19-8-9/h1-4,7,9,19H,5-6,8H2,(H2,17,21)(H3,18,20,22)/t9-/m1/s1. The van der Waals surface area contributed by atoms with E-state index in [0.717, 1.165) is 35.7 Å². The minimum atomic E-state index is -0.743. The Bertz CT molecular complexity index is 768. The molecule has 3 rings (SSSR count). The Hall–Kier alpha value is -2.58. The first kappa shape index (κ1) is 16.3. The molecule has 0 aliphatic carbocycles.